The van der Waals surface area contributed by atoms with E-state index in [1.165, 1.54) is 0 Å². The minimum Gasteiger partial charge on any atom is -0.364 e. The molecule has 62 valence electrons. The van der Waals surface area contributed by atoms with Crippen LogP contribution in [-0.2, 0) is 9.63 Å². The molecule has 3 nitrogen and oxygen atoms in total. The number of nitrogens with zero attached hydrogens (tertiary/aromatic N) is 1. The molecule has 1 aliphatic rings. The van der Waals surface area contributed by atoms with Crippen molar-refractivity contribution in [3.05, 3.63) is 12.2 Å². The van der Waals surface area contributed by atoms with Gasteiger partial charge >= 0.3 is 5.97 Å². The molecular formula is C8H13NO2. The van der Waals surface area contributed by atoms with Gasteiger partial charge in [0, 0.05) is 5.57 Å². The van der Waals surface area contributed by atoms with E-state index < -0.39 is 0 Å². The van der Waals surface area contributed by atoms with Gasteiger partial charge in [0.15, 0.2) is 0 Å². The van der Waals surface area contributed by atoms with Crippen molar-refractivity contribution in [2.45, 2.75) is 19.8 Å². The van der Waals surface area contributed by atoms with Crippen molar-refractivity contribution >= 4 is 5.97 Å². The lowest BCUT2D eigenvalue weighted by atomic mass is 10.2. The summed E-state index contributed by atoms with van der Waals surface area (Å²) in [5.74, 6) is -0.274. The first-order valence-corrected chi connectivity index (χ1v) is 3.89. The molecule has 1 saturated heterocycles. The van der Waals surface area contributed by atoms with Crippen LogP contribution >= 0.6 is 0 Å². The summed E-state index contributed by atoms with van der Waals surface area (Å²) >= 11 is 0. The van der Waals surface area contributed by atoms with Crippen LogP contribution in [0, 0.1) is 0 Å². The van der Waals surface area contributed by atoms with Crippen LogP contribution in [0.25, 0.3) is 0 Å². The van der Waals surface area contributed by atoms with E-state index in [2.05, 4.69) is 6.58 Å². The summed E-state index contributed by atoms with van der Waals surface area (Å²) in [6.45, 7) is 7.37. The summed E-state index contributed by atoms with van der Waals surface area (Å²) in [5.41, 5.74) is 0.569. The highest BCUT2D eigenvalue weighted by Crippen LogP contribution is 2.10. The number of hydrogen-bond donors (Lipinski definition) is 0. The molecule has 11 heavy (non-hydrogen) atoms. The molecule has 1 fully saturated rings. The Hall–Kier alpha value is -0.830. The SMILES string of the molecule is C=C(CCC)C(=O)ON1CC1. The zero-order valence-electron chi connectivity index (χ0n) is 6.80. The van der Waals surface area contributed by atoms with Gasteiger partial charge in [-0.2, -0.15) is 0 Å². The molecule has 0 aromatic carbocycles. The van der Waals surface area contributed by atoms with E-state index in [4.69, 9.17) is 4.84 Å². The smallest absolute Gasteiger partial charge is 0.352 e. The lowest BCUT2D eigenvalue weighted by Gasteiger charge is -2.03. The van der Waals surface area contributed by atoms with Crippen LogP contribution in [0.4, 0.5) is 0 Å². The fraction of sp³-hybridized carbons (Fsp3) is 0.625. The minimum atomic E-state index is -0.274. The third kappa shape index (κ3) is 2.72. The van der Waals surface area contributed by atoms with E-state index >= 15 is 0 Å². The Kier molecular flexibility index (Phi) is 2.65. The number of carbonyl (C=O) groups is 1. The van der Waals surface area contributed by atoms with Gasteiger partial charge in [0.05, 0.1) is 13.1 Å². The molecule has 0 aromatic heterocycles. The molecule has 0 aromatic rings. The average Bonchev–Trinajstić information content (AvgIpc) is 2.72. The Labute approximate surface area is 66.6 Å². The zero-order chi connectivity index (χ0) is 8.27. The zero-order valence-corrected chi connectivity index (χ0v) is 6.80. The largest absolute Gasteiger partial charge is 0.364 e. The number of hydrogen-bond acceptors (Lipinski definition) is 3. The third-order valence-corrected chi connectivity index (χ3v) is 1.46. The molecule has 0 atom stereocenters. The second-order valence-electron chi connectivity index (χ2n) is 2.66. The first kappa shape index (κ1) is 8.27. The fourth-order valence-electron chi connectivity index (χ4n) is 0.718. The number of carbonyl (C=O) groups excluding carboxylic acids is 1. The van der Waals surface area contributed by atoms with Gasteiger partial charge in [0.25, 0.3) is 0 Å². The monoisotopic (exact) mass is 155 g/mol. The van der Waals surface area contributed by atoms with Crippen LogP contribution in [0.15, 0.2) is 12.2 Å². The summed E-state index contributed by atoms with van der Waals surface area (Å²) in [5, 5.41) is 1.61. The van der Waals surface area contributed by atoms with E-state index in [1.54, 1.807) is 5.06 Å². The highest BCUT2D eigenvalue weighted by molar-refractivity contribution is 5.87. The Bertz CT molecular complexity index is 173. The maximum absolute atomic E-state index is 11.0. The Morgan fingerprint density at radius 2 is 2.27 bits per heavy atom. The van der Waals surface area contributed by atoms with Crippen LogP contribution in [0.1, 0.15) is 19.8 Å². The van der Waals surface area contributed by atoms with Crippen molar-refractivity contribution in [2.75, 3.05) is 13.1 Å². The van der Waals surface area contributed by atoms with Gasteiger partial charge in [0.1, 0.15) is 0 Å². The maximum Gasteiger partial charge on any atom is 0.352 e. The fourth-order valence-corrected chi connectivity index (χ4v) is 0.718. The summed E-state index contributed by atoms with van der Waals surface area (Å²) in [6, 6.07) is 0. The quantitative estimate of drug-likeness (QED) is 0.450. The Morgan fingerprint density at radius 3 is 2.73 bits per heavy atom. The summed E-state index contributed by atoms with van der Waals surface area (Å²) in [7, 11) is 0. The topological polar surface area (TPSA) is 29.3 Å². The summed E-state index contributed by atoms with van der Waals surface area (Å²) < 4.78 is 0. The van der Waals surface area contributed by atoms with Gasteiger partial charge < -0.3 is 4.84 Å². The van der Waals surface area contributed by atoms with Crippen LogP contribution < -0.4 is 0 Å². The molecule has 3 heteroatoms. The van der Waals surface area contributed by atoms with Gasteiger partial charge in [-0.15, -0.1) is 5.06 Å². The highest BCUT2D eigenvalue weighted by atomic mass is 16.7. The van der Waals surface area contributed by atoms with Crippen molar-refractivity contribution in [1.82, 2.24) is 5.06 Å². The van der Waals surface area contributed by atoms with E-state index in [0.29, 0.717) is 5.57 Å². The average molecular weight is 155 g/mol. The Morgan fingerprint density at radius 1 is 1.64 bits per heavy atom. The standard InChI is InChI=1S/C8H13NO2/c1-3-4-7(2)8(10)11-9-5-6-9/h2-6H2,1H3. The van der Waals surface area contributed by atoms with Crippen molar-refractivity contribution in [3.63, 3.8) is 0 Å². The van der Waals surface area contributed by atoms with E-state index in [1.807, 2.05) is 6.92 Å². The predicted octanol–water partition coefficient (Wildman–Crippen LogP) is 1.12. The molecule has 0 saturated carbocycles. The molecule has 1 rings (SSSR count). The molecule has 0 N–H and O–H groups in total. The van der Waals surface area contributed by atoms with Crippen LogP contribution in [0.3, 0.4) is 0 Å². The lowest BCUT2D eigenvalue weighted by Crippen LogP contribution is -2.11. The highest BCUT2D eigenvalue weighted by Gasteiger charge is 2.23. The van der Waals surface area contributed by atoms with Gasteiger partial charge in [-0.25, -0.2) is 4.79 Å². The molecule has 0 radical (unpaired) electrons. The summed E-state index contributed by atoms with van der Waals surface area (Å²) in [6.07, 6.45) is 1.67. The van der Waals surface area contributed by atoms with Gasteiger partial charge in [-0.3, -0.25) is 0 Å². The van der Waals surface area contributed by atoms with Gasteiger partial charge in [-0.05, 0) is 6.42 Å². The Balaban J connectivity index is 2.21. The van der Waals surface area contributed by atoms with E-state index in [0.717, 1.165) is 25.9 Å². The van der Waals surface area contributed by atoms with E-state index in [-0.39, 0.29) is 5.97 Å². The van der Waals surface area contributed by atoms with E-state index in [9.17, 15) is 4.79 Å². The lowest BCUT2D eigenvalue weighted by molar-refractivity contribution is -0.160. The molecule has 0 aliphatic carbocycles. The van der Waals surface area contributed by atoms with Crippen molar-refractivity contribution in [3.8, 4) is 0 Å². The number of hydroxylamine groups is 2. The second kappa shape index (κ2) is 3.53. The first-order chi connectivity index (χ1) is 5.24. The van der Waals surface area contributed by atoms with Crippen LogP contribution in [0.5, 0.6) is 0 Å². The second-order valence-corrected chi connectivity index (χ2v) is 2.66. The molecule has 0 amide bonds. The first-order valence-electron chi connectivity index (χ1n) is 3.89. The number of rotatable bonds is 4. The van der Waals surface area contributed by atoms with Crippen molar-refractivity contribution < 1.29 is 9.63 Å². The summed E-state index contributed by atoms with van der Waals surface area (Å²) in [4.78, 5) is 15.9. The van der Waals surface area contributed by atoms with Crippen molar-refractivity contribution in [1.29, 1.82) is 0 Å². The molecule has 1 aliphatic heterocycles. The maximum atomic E-state index is 11.0. The van der Waals surface area contributed by atoms with Crippen LogP contribution in [-0.4, -0.2) is 24.1 Å². The van der Waals surface area contributed by atoms with Gasteiger partial charge in [0.2, 0.25) is 0 Å². The normalized spacial score (nSPS) is 16.1. The third-order valence-electron chi connectivity index (χ3n) is 1.46. The predicted molar refractivity (Wildman–Crippen MR) is 41.7 cm³/mol. The van der Waals surface area contributed by atoms with Gasteiger partial charge in [-0.1, -0.05) is 19.9 Å². The molecular weight excluding hydrogens is 142 g/mol. The van der Waals surface area contributed by atoms with Crippen molar-refractivity contribution in [2.24, 2.45) is 0 Å². The molecule has 1 heterocycles. The minimum absolute atomic E-state index is 0.274. The van der Waals surface area contributed by atoms with Crippen LogP contribution in [0.2, 0.25) is 0 Å². The molecule has 0 bridgehead atoms. The molecule has 0 unspecified atom stereocenters. The molecule has 0 spiro atoms.